The van der Waals surface area contributed by atoms with Gasteiger partial charge in [0.15, 0.2) is 0 Å². The molecule has 1 aromatic heterocycles. The number of aromatic amines is 2. The summed E-state index contributed by atoms with van der Waals surface area (Å²) in [4.78, 5) is 28.6. The third kappa shape index (κ3) is 2.94. The zero-order valence-electron chi connectivity index (χ0n) is 11.5. The van der Waals surface area contributed by atoms with Gasteiger partial charge in [0.25, 0.3) is 0 Å². The first-order valence-electron chi connectivity index (χ1n) is 6.16. The minimum absolute atomic E-state index is 0.268. The van der Waals surface area contributed by atoms with Crippen LogP contribution in [0.25, 0.3) is 11.0 Å². The minimum Gasteiger partial charge on any atom is -0.324 e. The van der Waals surface area contributed by atoms with E-state index in [1.54, 1.807) is 12.1 Å². The maximum absolute atomic E-state index is 12.1. The molecular weight excluding hydrogens is 324 g/mol. The molecule has 5 N–H and O–H groups in total. The molecule has 0 aliphatic rings. The fraction of sp³-hybridized carbons (Fsp3) is 0.385. The van der Waals surface area contributed by atoms with Crippen LogP contribution in [-0.4, -0.2) is 21.9 Å². The first kappa shape index (κ1) is 14.8. The van der Waals surface area contributed by atoms with Gasteiger partial charge >= 0.3 is 5.69 Å². The summed E-state index contributed by atoms with van der Waals surface area (Å²) in [5.74, 6) is -0.268. The van der Waals surface area contributed by atoms with Crippen LogP contribution in [0.1, 0.15) is 20.8 Å². The first-order valence-corrected chi connectivity index (χ1v) is 6.96. The molecule has 0 aliphatic heterocycles. The lowest BCUT2D eigenvalue weighted by atomic mass is 9.87. The highest BCUT2D eigenvalue weighted by Crippen LogP contribution is 2.27. The number of nitrogens with one attached hydrogen (secondary N) is 3. The normalized spacial score (nSPS) is 13.4. The number of carbonyl (C=O) groups excluding carboxylic acids is 1. The smallest absolute Gasteiger partial charge is 0.323 e. The van der Waals surface area contributed by atoms with Crippen molar-refractivity contribution >= 4 is 38.6 Å². The molecule has 20 heavy (non-hydrogen) atoms. The molecule has 0 saturated heterocycles. The number of rotatable bonds is 2. The number of anilines is 1. The Morgan fingerprint density at radius 3 is 2.40 bits per heavy atom. The molecule has 0 saturated carbocycles. The van der Waals surface area contributed by atoms with Gasteiger partial charge in [0.1, 0.15) is 0 Å². The second-order valence-corrected chi connectivity index (χ2v) is 6.64. The number of hydrogen-bond acceptors (Lipinski definition) is 3. The van der Waals surface area contributed by atoms with E-state index in [9.17, 15) is 9.59 Å². The summed E-state index contributed by atoms with van der Waals surface area (Å²) in [5.41, 5.74) is 7.15. The molecular formula is C13H17BrN4O2. The van der Waals surface area contributed by atoms with Crippen LogP contribution in [0, 0.1) is 5.41 Å². The average Bonchev–Trinajstić information content (AvgIpc) is 2.66. The molecule has 1 atom stereocenters. The van der Waals surface area contributed by atoms with Gasteiger partial charge < -0.3 is 21.0 Å². The molecule has 0 fully saturated rings. The minimum atomic E-state index is -0.629. The van der Waals surface area contributed by atoms with Crippen molar-refractivity contribution in [2.75, 3.05) is 5.32 Å². The van der Waals surface area contributed by atoms with Crippen LogP contribution in [0.5, 0.6) is 0 Å². The lowest BCUT2D eigenvalue weighted by molar-refractivity contribution is -0.119. The first-order chi connectivity index (χ1) is 9.18. The molecule has 2 rings (SSSR count). The maximum Gasteiger partial charge on any atom is 0.323 e. The van der Waals surface area contributed by atoms with E-state index in [2.05, 4.69) is 31.2 Å². The van der Waals surface area contributed by atoms with Gasteiger partial charge in [-0.3, -0.25) is 4.79 Å². The van der Waals surface area contributed by atoms with Gasteiger partial charge in [-0.05, 0) is 33.5 Å². The van der Waals surface area contributed by atoms with E-state index in [1.807, 2.05) is 20.8 Å². The van der Waals surface area contributed by atoms with Gasteiger partial charge in [0.05, 0.1) is 22.8 Å². The van der Waals surface area contributed by atoms with Crippen LogP contribution in [0.4, 0.5) is 5.69 Å². The van der Waals surface area contributed by atoms with E-state index in [0.29, 0.717) is 21.2 Å². The molecule has 1 amide bonds. The van der Waals surface area contributed by atoms with Crippen molar-refractivity contribution in [2.24, 2.45) is 11.1 Å². The Kier molecular flexibility index (Phi) is 3.75. The molecule has 2 aromatic rings. The summed E-state index contributed by atoms with van der Waals surface area (Å²) >= 11 is 3.36. The molecule has 1 aromatic carbocycles. The van der Waals surface area contributed by atoms with Crippen LogP contribution >= 0.6 is 15.9 Å². The van der Waals surface area contributed by atoms with E-state index >= 15 is 0 Å². The van der Waals surface area contributed by atoms with Crippen LogP contribution in [-0.2, 0) is 4.79 Å². The zero-order valence-corrected chi connectivity index (χ0v) is 13.1. The number of fused-ring (bicyclic) bond motifs is 1. The van der Waals surface area contributed by atoms with Crippen molar-refractivity contribution in [1.29, 1.82) is 0 Å². The lowest BCUT2D eigenvalue weighted by Gasteiger charge is -2.26. The van der Waals surface area contributed by atoms with Crippen molar-refractivity contribution in [2.45, 2.75) is 26.8 Å². The fourth-order valence-corrected chi connectivity index (χ4v) is 2.20. The highest BCUT2D eigenvalue weighted by Gasteiger charge is 2.27. The Balaban J connectivity index is 2.32. The molecule has 0 aliphatic carbocycles. The topological polar surface area (TPSA) is 104 Å². The summed E-state index contributed by atoms with van der Waals surface area (Å²) in [6, 6.07) is 2.78. The maximum atomic E-state index is 12.1. The summed E-state index contributed by atoms with van der Waals surface area (Å²) in [6.07, 6.45) is 0. The molecule has 0 bridgehead atoms. The molecule has 7 heteroatoms. The van der Waals surface area contributed by atoms with Crippen LogP contribution in [0.2, 0.25) is 0 Å². The predicted molar refractivity (Wildman–Crippen MR) is 82.7 cm³/mol. The van der Waals surface area contributed by atoms with Crippen LogP contribution in [0.3, 0.4) is 0 Å². The van der Waals surface area contributed by atoms with Gasteiger partial charge in [-0.25, -0.2) is 4.79 Å². The van der Waals surface area contributed by atoms with Crippen LogP contribution < -0.4 is 16.7 Å². The number of amides is 1. The van der Waals surface area contributed by atoms with Crippen molar-refractivity contribution in [1.82, 2.24) is 9.97 Å². The Labute approximate surface area is 124 Å². The van der Waals surface area contributed by atoms with Gasteiger partial charge in [0, 0.05) is 4.47 Å². The Hall–Kier alpha value is -1.60. The number of H-pyrrole nitrogens is 2. The monoisotopic (exact) mass is 340 g/mol. The molecule has 0 radical (unpaired) electrons. The zero-order chi connectivity index (χ0) is 15.1. The van der Waals surface area contributed by atoms with E-state index in [-0.39, 0.29) is 17.0 Å². The number of nitrogens with two attached hydrogens (primary N) is 1. The average molecular weight is 341 g/mol. The third-order valence-corrected chi connectivity index (χ3v) is 3.73. The summed E-state index contributed by atoms with van der Waals surface area (Å²) in [5, 5.41) is 2.77. The molecule has 108 valence electrons. The summed E-state index contributed by atoms with van der Waals surface area (Å²) in [6.45, 7) is 5.71. The van der Waals surface area contributed by atoms with E-state index in [4.69, 9.17) is 5.73 Å². The molecule has 0 unspecified atom stereocenters. The van der Waals surface area contributed by atoms with Gasteiger partial charge in [-0.15, -0.1) is 0 Å². The fourth-order valence-electron chi connectivity index (χ4n) is 1.76. The predicted octanol–water partition coefficient (Wildman–Crippen LogP) is 1.93. The molecule has 0 spiro atoms. The largest absolute Gasteiger partial charge is 0.324 e. The van der Waals surface area contributed by atoms with Crippen LogP contribution in [0.15, 0.2) is 21.4 Å². The summed E-state index contributed by atoms with van der Waals surface area (Å²) in [7, 11) is 0. The quantitative estimate of drug-likeness (QED) is 0.671. The number of benzene rings is 1. The Morgan fingerprint density at radius 2 is 1.85 bits per heavy atom. The Bertz CT molecular complexity index is 711. The Morgan fingerprint density at radius 1 is 1.30 bits per heavy atom. The second-order valence-electron chi connectivity index (χ2n) is 5.79. The second kappa shape index (κ2) is 5.06. The molecule has 6 nitrogen and oxygen atoms in total. The number of halogens is 1. The number of aromatic nitrogens is 2. The summed E-state index contributed by atoms with van der Waals surface area (Å²) < 4.78 is 0.676. The van der Waals surface area contributed by atoms with Crippen molar-refractivity contribution < 1.29 is 4.79 Å². The van der Waals surface area contributed by atoms with E-state index in [0.717, 1.165) is 0 Å². The van der Waals surface area contributed by atoms with Gasteiger partial charge in [-0.2, -0.15) is 0 Å². The van der Waals surface area contributed by atoms with Crippen molar-refractivity contribution in [3.63, 3.8) is 0 Å². The van der Waals surface area contributed by atoms with E-state index < -0.39 is 6.04 Å². The van der Waals surface area contributed by atoms with Crippen molar-refractivity contribution in [3.8, 4) is 0 Å². The third-order valence-electron chi connectivity index (χ3n) is 3.08. The highest BCUT2D eigenvalue weighted by atomic mass is 79.9. The number of carbonyl (C=O) groups is 1. The van der Waals surface area contributed by atoms with E-state index in [1.165, 1.54) is 0 Å². The molecule has 1 heterocycles. The van der Waals surface area contributed by atoms with Gasteiger partial charge in [-0.1, -0.05) is 20.8 Å². The standard InChI is InChI=1S/C13H17BrN4O2/c1-13(2,3)10(15)11(19)16-7-5-9-8(4-6(7)14)17-12(20)18-9/h4-5,10H,15H2,1-3H3,(H,16,19)(H2,17,18,20)/t10-/m0/s1. The highest BCUT2D eigenvalue weighted by molar-refractivity contribution is 9.10. The number of hydrogen-bond donors (Lipinski definition) is 4. The van der Waals surface area contributed by atoms with Gasteiger partial charge in [0.2, 0.25) is 5.91 Å². The lowest BCUT2D eigenvalue weighted by Crippen LogP contribution is -2.45. The number of imidazole rings is 1. The SMILES string of the molecule is CC(C)(C)[C@@H](N)C(=O)Nc1cc2[nH]c(=O)[nH]c2cc1Br. The van der Waals surface area contributed by atoms with Crippen molar-refractivity contribution in [3.05, 3.63) is 27.1 Å².